The molecule has 1 heterocycles. The zero-order valence-electron chi connectivity index (χ0n) is 8.54. The van der Waals surface area contributed by atoms with Gasteiger partial charge in [0.05, 0.1) is 0 Å². The Kier molecular flexibility index (Phi) is 2.40. The molecule has 15 heavy (non-hydrogen) atoms. The Morgan fingerprint density at radius 1 is 1.27 bits per heavy atom. The van der Waals surface area contributed by atoms with Crippen LogP contribution >= 0.6 is 11.6 Å². The molecule has 3 nitrogen and oxygen atoms in total. The third-order valence-corrected chi connectivity index (χ3v) is 2.81. The van der Waals surface area contributed by atoms with Gasteiger partial charge in [0.1, 0.15) is 0 Å². The second-order valence-electron chi connectivity index (χ2n) is 3.52. The molecule has 1 aromatic heterocycles. The van der Waals surface area contributed by atoms with Crippen molar-refractivity contribution in [3.05, 3.63) is 34.3 Å². The monoisotopic (exact) mass is 222 g/mol. The number of halogens is 1. The first-order valence-electron chi connectivity index (χ1n) is 4.57. The minimum Gasteiger partial charge on any atom is -0.381 e. The van der Waals surface area contributed by atoms with Gasteiger partial charge in [-0.1, -0.05) is 16.8 Å². The summed E-state index contributed by atoms with van der Waals surface area (Å²) >= 11 is 6.08. The number of nitrogens with zero attached hydrogens (tertiary/aromatic N) is 1. The van der Waals surface area contributed by atoms with E-state index in [-0.39, 0.29) is 0 Å². The molecule has 0 fully saturated rings. The predicted octanol–water partition coefficient (Wildman–Crippen LogP) is 3.19. The van der Waals surface area contributed by atoms with E-state index >= 15 is 0 Å². The smallest absolute Gasteiger partial charge is 0.169 e. The lowest BCUT2D eigenvalue weighted by atomic mass is 10.0. The van der Waals surface area contributed by atoms with E-state index in [9.17, 15) is 0 Å². The molecule has 1 aromatic carbocycles. The van der Waals surface area contributed by atoms with Crippen LogP contribution in [0.4, 0.5) is 5.82 Å². The molecule has 0 aliphatic rings. The van der Waals surface area contributed by atoms with Crippen LogP contribution in [0.5, 0.6) is 0 Å². The summed E-state index contributed by atoms with van der Waals surface area (Å²) in [6.07, 6.45) is 0. The normalized spacial score (nSPS) is 10.6. The second kappa shape index (κ2) is 3.59. The first-order valence-corrected chi connectivity index (χ1v) is 4.95. The zero-order chi connectivity index (χ0) is 11.0. The Hall–Kier alpha value is -1.48. The van der Waals surface area contributed by atoms with Crippen molar-refractivity contribution in [3.63, 3.8) is 0 Å². The molecule has 0 bridgehead atoms. The maximum atomic E-state index is 6.08. The standard InChI is InChI=1S/C11H11ClN2O/c1-6-3-8(4-9(12)7(6)2)10-5-11(13)14-15-10/h3-5H,1-2H3,(H2,13,14). The Morgan fingerprint density at radius 3 is 2.53 bits per heavy atom. The van der Waals surface area contributed by atoms with Crippen LogP contribution in [0.15, 0.2) is 22.7 Å². The number of aromatic nitrogens is 1. The summed E-state index contributed by atoms with van der Waals surface area (Å²) in [5.41, 5.74) is 8.57. The van der Waals surface area contributed by atoms with Gasteiger partial charge in [0.15, 0.2) is 11.6 Å². The first kappa shape index (κ1) is 10.1. The number of nitrogen functional groups attached to an aromatic ring is 1. The molecule has 0 aliphatic carbocycles. The van der Waals surface area contributed by atoms with Gasteiger partial charge in [-0.15, -0.1) is 0 Å². The molecule has 2 rings (SSSR count). The lowest BCUT2D eigenvalue weighted by Gasteiger charge is -2.04. The van der Waals surface area contributed by atoms with Crippen molar-refractivity contribution < 1.29 is 4.52 Å². The number of aryl methyl sites for hydroxylation is 1. The molecule has 0 spiro atoms. The molecule has 78 valence electrons. The maximum Gasteiger partial charge on any atom is 0.169 e. The van der Waals surface area contributed by atoms with E-state index in [1.165, 1.54) is 0 Å². The number of hydrogen-bond donors (Lipinski definition) is 1. The van der Waals surface area contributed by atoms with E-state index in [2.05, 4.69) is 5.16 Å². The summed E-state index contributed by atoms with van der Waals surface area (Å²) in [4.78, 5) is 0. The molecule has 0 saturated heterocycles. The van der Waals surface area contributed by atoms with Crippen LogP contribution in [0, 0.1) is 13.8 Å². The fourth-order valence-electron chi connectivity index (χ4n) is 1.38. The molecule has 2 aromatic rings. The number of anilines is 1. The van der Waals surface area contributed by atoms with Crippen molar-refractivity contribution in [2.75, 3.05) is 5.73 Å². The highest BCUT2D eigenvalue weighted by atomic mass is 35.5. The quantitative estimate of drug-likeness (QED) is 0.806. The summed E-state index contributed by atoms with van der Waals surface area (Å²) in [6.45, 7) is 3.99. The number of rotatable bonds is 1. The van der Waals surface area contributed by atoms with Gasteiger partial charge in [-0.05, 0) is 37.1 Å². The molecule has 0 unspecified atom stereocenters. The number of benzene rings is 1. The molecule has 4 heteroatoms. The van der Waals surface area contributed by atoms with Crippen LogP contribution < -0.4 is 5.73 Å². The minimum atomic E-state index is 0.374. The highest BCUT2D eigenvalue weighted by Crippen LogP contribution is 2.28. The molecular formula is C11H11ClN2O. The number of nitrogens with two attached hydrogens (primary N) is 1. The van der Waals surface area contributed by atoms with Crippen LogP contribution in [0.2, 0.25) is 5.02 Å². The van der Waals surface area contributed by atoms with Crippen LogP contribution in [0.25, 0.3) is 11.3 Å². The predicted molar refractivity (Wildman–Crippen MR) is 60.8 cm³/mol. The summed E-state index contributed by atoms with van der Waals surface area (Å²) in [6, 6.07) is 5.53. The fourth-order valence-corrected chi connectivity index (χ4v) is 1.65. The maximum absolute atomic E-state index is 6.08. The van der Waals surface area contributed by atoms with Crippen molar-refractivity contribution in [2.45, 2.75) is 13.8 Å². The molecule has 0 atom stereocenters. The van der Waals surface area contributed by atoms with Gasteiger partial charge in [0.25, 0.3) is 0 Å². The lowest BCUT2D eigenvalue weighted by Crippen LogP contribution is -1.84. The summed E-state index contributed by atoms with van der Waals surface area (Å²) in [5, 5.41) is 4.36. The molecular weight excluding hydrogens is 212 g/mol. The summed E-state index contributed by atoms with van der Waals surface area (Å²) < 4.78 is 5.07. The molecule has 0 aliphatic heterocycles. The van der Waals surface area contributed by atoms with Crippen molar-refractivity contribution in [2.24, 2.45) is 0 Å². The van der Waals surface area contributed by atoms with Crippen molar-refractivity contribution in [1.82, 2.24) is 5.16 Å². The van der Waals surface area contributed by atoms with Crippen molar-refractivity contribution in [1.29, 1.82) is 0 Å². The topological polar surface area (TPSA) is 52.0 Å². The summed E-state index contributed by atoms with van der Waals surface area (Å²) in [7, 11) is 0. The van der Waals surface area contributed by atoms with E-state index in [1.807, 2.05) is 26.0 Å². The molecule has 0 saturated carbocycles. The van der Waals surface area contributed by atoms with E-state index < -0.39 is 0 Å². The molecule has 0 amide bonds. The molecule has 2 N–H and O–H groups in total. The van der Waals surface area contributed by atoms with Gasteiger partial charge >= 0.3 is 0 Å². The highest BCUT2D eigenvalue weighted by Gasteiger charge is 2.08. The summed E-state index contributed by atoms with van der Waals surface area (Å²) in [5.74, 6) is 1.01. The fraction of sp³-hybridized carbons (Fsp3) is 0.182. The van der Waals surface area contributed by atoms with Gasteiger partial charge in [0, 0.05) is 16.7 Å². The van der Waals surface area contributed by atoms with E-state index in [4.69, 9.17) is 21.9 Å². The van der Waals surface area contributed by atoms with Gasteiger partial charge < -0.3 is 10.3 Å². The van der Waals surface area contributed by atoms with Gasteiger partial charge in [-0.2, -0.15) is 0 Å². The Labute approximate surface area is 92.8 Å². The van der Waals surface area contributed by atoms with Gasteiger partial charge in [0.2, 0.25) is 0 Å². The third-order valence-electron chi connectivity index (χ3n) is 2.42. The largest absolute Gasteiger partial charge is 0.381 e. The van der Waals surface area contributed by atoms with E-state index in [0.29, 0.717) is 11.6 Å². The van der Waals surface area contributed by atoms with E-state index in [1.54, 1.807) is 6.07 Å². The van der Waals surface area contributed by atoms with Gasteiger partial charge in [-0.3, -0.25) is 0 Å². The highest BCUT2D eigenvalue weighted by molar-refractivity contribution is 6.31. The lowest BCUT2D eigenvalue weighted by molar-refractivity contribution is 0.436. The van der Waals surface area contributed by atoms with Crippen LogP contribution in [-0.2, 0) is 0 Å². The van der Waals surface area contributed by atoms with Gasteiger partial charge in [-0.25, -0.2) is 0 Å². The zero-order valence-corrected chi connectivity index (χ0v) is 9.30. The van der Waals surface area contributed by atoms with Crippen LogP contribution in [-0.4, -0.2) is 5.16 Å². The second-order valence-corrected chi connectivity index (χ2v) is 3.92. The Morgan fingerprint density at radius 2 is 2.00 bits per heavy atom. The minimum absolute atomic E-state index is 0.374. The SMILES string of the molecule is Cc1cc(-c2cc(N)no2)cc(Cl)c1C. The van der Waals surface area contributed by atoms with Crippen molar-refractivity contribution in [3.8, 4) is 11.3 Å². The molecule has 0 radical (unpaired) electrons. The average Bonchev–Trinajstić information content (AvgIpc) is 2.60. The number of hydrogen-bond acceptors (Lipinski definition) is 3. The Balaban J connectivity index is 2.55. The van der Waals surface area contributed by atoms with E-state index in [0.717, 1.165) is 21.7 Å². The average molecular weight is 223 g/mol. The van der Waals surface area contributed by atoms with Crippen molar-refractivity contribution >= 4 is 17.4 Å². The first-order chi connectivity index (χ1) is 7.08. The van der Waals surface area contributed by atoms with Crippen LogP contribution in [0.3, 0.4) is 0 Å². The third kappa shape index (κ3) is 1.83. The Bertz CT molecular complexity index is 482. The van der Waals surface area contributed by atoms with Crippen LogP contribution in [0.1, 0.15) is 11.1 Å².